The summed E-state index contributed by atoms with van der Waals surface area (Å²) in [5.41, 5.74) is 0.139. The van der Waals surface area contributed by atoms with E-state index in [2.05, 4.69) is 0 Å². The Bertz CT molecular complexity index is 588. The molecule has 0 saturated carbocycles. The SMILES string of the molecule is CCN(CC)C(=O)CC1CCC(=O)N1Cc1cccc(F)c1F. The molecule has 1 atom stereocenters. The molecule has 6 heteroatoms. The molecule has 126 valence electrons. The fourth-order valence-corrected chi connectivity index (χ4v) is 2.98. The molecule has 0 aromatic heterocycles. The van der Waals surface area contributed by atoms with Gasteiger partial charge in [0, 0.05) is 44.1 Å². The largest absolute Gasteiger partial charge is 0.343 e. The minimum absolute atomic E-state index is 0.00137. The predicted molar refractivity (Wildman–Crippen MR) is 82.5 cm³/mol. The second kappa shape index (κ2) is 7.53. The lowest BCUT2D eigenvalue weighted by Gasteiger charge is -2.27. The van der Waals surface area contributed by atoms with Crippen molar-refractivity contribution in [3.8, 4) is 0 Å². The van der Waals surface area contributed by atoms with Gasteiger partial charge in [0.15, 0.2) is 11.6 Å². The van der Waals surface area contributed by atoms with Crippen LogP contribution in [-0.4, -0.2) is 40.7 Å². The summed E-state index contributed by atoms with van der Waals surface area (Å²) in [6.07, 6.45) is 1.14. The fraction of sp³-hybridized carbons (Fsp3) is 0.529. The number of amides is 2. The van der Waals surface area contributed by atoms with Crippen molar-refractivity contribution in [1.82, 2.24) is 9.80 Å². The molecule has 0 aliphatic carbocycles. The topological polar surface area (TPSA) is 40.6 Å². The van der Waals surface area contributed by atoms with E-state index in [9.17, 15) is 18.4 Å². The maximum Gasteiger partial charge on any atom is 0.224 e. The first-order chi connectivity index (χ1) is 11.0. The summed E-state index contributed by atoms with van der Waals surface area (Å²) >= 11 is 0. The number of carbonyl (C=O) groups excluding carboxylic acids is 2. The number of likely N-dealkylation sites (tertiary alicyclic amines) is 1. The molecule has 1 saturated heterocycles. The van der Waals surface area contributed by atoms with Crippen LogP contribution in [0.1, 0.15) is 38.7 Å². The number of carbonyl (C=O) groups is 2. The molecule has 2 rings (SSSR count). The van der Waals surface area contributed by atoms with E-state index in [1.807, 2.05) is 13.8 Å². The van der Waals surface area contributed by atoms with Crippen LogP contribution in [0.3, 0.4) is 0 Å². The third-order valence-corrected chi connectivity index (χ3v) is 4.35. The van der Waals surface area contributed by atoms with Crippen LogP contribution < -0.4 is 0 Å². The number of halogens is 2. The van der Waals surface area contributed by atoms with E-state index >= 15 is 0 Å². The Morgan fingerprint density at radius 2 is 2.00 bits per heavy atom. The summed E-state index contributed by atoms with van der Waals surface area (Å²) in [5.74, 6) is -1.99. The molecule has 1 heterocycles. The minimum Gasteiger partial charge on any atom is -0.343 e. The highest BCUT2D eigenvalue weighted by molar-refractivity contribution is 5.82. The van der Waals surface area contributed by atoms with Gasteiger partial charge in [0.05, 0.1) is 0 Å². The number of hydrogen-bond donors (Lipinski definition) is 0. The first kappa shape index (κ1) is 17.4. The molecule has 1 aliphatic rings. The van der Waals surface area contributed by atoms with Gasteiger partial charge in [-0.2, -0.15) is 0 Å². The molecule has 1 aromatic rings. The highest BCUT2D eigenvalue weighted by atomic mass is 19.2. The second-order valence-electron chi connectivity index (χ2n) is 5.70. The number of hydrogen-bond acceptors (Lipinski definition) is 2. The Balaban J connectivity index is 2.11. The van der Waals surface area contributed by atoms with E-state index in [-0.39, 0.29) is 36.4 Å². The zero-order valence-corrected chi connectivity index (χ0v) is 13.5. The van der Waals surface area contributed by atoms with E-state index in [4.69, 9.17) is 0 Å². The Morgan fingerprint density at radius 3 is 2.65 bits per heavy atom. The summed E-state index contributed by atoms with van der Waals surface area (Å²) in [7, 11) is 0. The second-order valence-corrected chi connectivity index (χ2v) is 5.70. The van der Waals surface area contributed by atoms with E-state index in [1.165, 1.54) is 17.0 Å². The molecule has 0 N–H and O–H groups in total. The average molecular weight is 324 g/mol. The zero-order chi connectivity index (χ0) is 17.0. The van der Waals surface area contributed by atoms with E-state index in [1.54, 1.807) is 4.90 Å². The quantitative estimate of drug-likeness (QED) is 0.807. The van der Waals surface area contributed by atoms with Crippen molar-refractivity contribution in [2.24, 2.45) is 0 Å². The fourth-order valence-electron chi connectivity index (χ4n) is 2.98. The summed E-state index contributed by atoms with van der Waals surface area (Å²) in [6.45, 7) is 5.05. The predicted octanol–water partition coefficient (Wildman–Crippen LogP) is 2.71. The Morgan fingerprint density at radius 1 is 1.30 bits per heavy atom. The van der Waals surface area contributed by atoms with Crippen LogP contribution in [0, 0.1) is 11.6 Å². The third-order valence-electron chi connectivity index (χ3n) is 4.35. The van der Waals surface area contributed by atoms with Crippen LogP contribution in [-0.2, 0) is 16.1 Å². The van der Waals surface area contributed by atoms with Crippen molar-refractivity contribution in [2.75, 3.05) is 13.1 Å². The standard InChI is InChI=1S/C17H22F2N2O2/c1-3-20(4-2)16(23)10-13-8-9-15(22)21(13)11-12-6-5-7-14(18)17(12)19/h5-7,13H,3-4,8-11H2,1-2H3. The van der Waals surface area contributed by atoms with Gasteiger partial charge in [0.25, 0.3) is 0 Å². The minimum atomic E-state index is -0.930. The lowest BCUT2D eigenvalue weighted by atomic mass is 10.1. The maximum atomic E-state index is 13.8. The van der Waals surface area contributed by atoms with Gasteiger partial charge in [-0.15, -0.1) is 0 Å². The molecule has 1 unspecified atom stereocenters. The van der Waals surface area contributed by atoms with Gasteiger partial charge in [-0.05, 0) is 26.3 Å². The van der Waals surface area contributed by atoms with Gasteiger partial charge in [0.2, 0.25) is 11.8 Å². The first-order valence-corrected chi connectivity index (χ1v) is 7.98. The molecule has 1 aromatic carbocycles. The van der Waals surface area contributed by atoms with Gasteiger partial charge >= 0.3 is 0 Å². The van der Waals surface area contributed by atoms with Gasteiger partial charge < -0.3 is 9.80 Å². The molecule has 1 fully saturated rings. The van der Waals surface area contributed by atoms with Gasteiger partial charge in [-0.1, -0.05) is 12.1 Å². The van der Waals surface area contributed by atoms with Crippen molar-refractivity contribution in [1.29, 1.82) is 0 Å². The van der Waals surface area contributed by atoms with Crippen molar-refractivity contribution in [3.63, 3.8) is 0 Å². The Hall–Kier alpha value is -1.98. The highest BCUT2D eigenvalue weighted by Crippen LogP contribution is 2.25. The molecule has 23 heavy (non-hydrogen) atoms. The summed E-state index contributed by atoms with van der Waals surface area (Å²) in [5, 5.41) is 0. The van der Waals surface area contributed by atoms with Crippen molar-refractivity contribution >= 4 is 11.8 Å². The number of rotatable bonds is 6. The summed E-state index contributed by atoms with van der Waals surface area (Å²) in [4.78, 5) is 27.5. The molecule has 4 nitrogen and oxygen atoms in total. The monoisotopic (exact) mass is 324 g/mol. The molecule has 2 amide bonds. The van der Waals surface area contributed by atoms with E-state index in [0.29, 0.717) is 25.9 Å². The van der Waals surface area contributed by atoms with Gasteiger partial charge in [-0.25, -0.2) is 8.78 Å². The summed E-state index contributed by atoms with van der Waals surface area (Å²) < 4.78 is 27.1. The van der Waals surface area contributed by atoms with Crippen LogP contribution in [0.5, 0.6) is 0 Å². The Kier molecular flexibility index (Phi) is 5.69. The molecule has 0 radical (unpaired) electrons. The molecular weight excluding hydrogens is 302 g/mol. The van der Waals surface area contributed by atoms with Crippen molar-refractivity contribution in [2.45, 2.75) is 45.7 Å². The van der Waals surface area contributed by atoms with Crippen LogP contribution in [0.25, 0.3) is 0 Å². The average Bonchev–Trinajstić information content (AvgIpc) is 2.86. The van der Waals surface area contributed by atoms with E-state index in [0.717, 1.165) is 6.07 Å². The van der Waals surface area contributed by atoms with Crippen LogP contribution in [0.4, 0.5) is 8.78 Å². The normalized spacial score (nSPS) is 17.7. The lowest BCUT2D eigenvalue weighted by Crippen LogP contribution is -2.39. The van der Waals surface area contributed by atoms with Gasteiger partial charge in [0.1, 0.15) is 0 Å². The summed E-state index contributed by atoms with van der Waals surface area (Å²) in [6, 6.07) is 3.68. The van der Waals surface area contributed by atoms with Crippen LogP contribution >= 0.6 is 0 Å². The van der Waals surface area contributed by atoms with Crippen molar-refractivity contribution < 1.29 is 18.4 Å². The smallest absolute Gasteiger partial charge is 0.224 e. The maximum absolute atomic E-state index is 13.8. The number of nitrogens with zero attached hydrogens (tertiary/aromatic N) is 2. The zero-order valence-electron chi connectivity index (χ0n) is 13.5. The van der Waals surface area contributed by atoms with Crippen LogP contribution in [0.2, 0.25) is 0 Å². The number of benzene rings is 1. The molecular formula is C17H22F2N2O2. The molecule has 0 spiro atoms. The third kappa shape index (κ3) is 3.86. The van der Waals surface area contributed by atoms with Crippen LogP contribution in [0.15, 0.2) is 18.2 Å². The van der Waals surface area contributed by atoms with Gasteiger partial charge in [-0.3, -0.25) is 9.59 Å². The van der Waals surface area contributed by atoms with E-state index < -0.39 is 11.6 Å². The lowest BCUT2D eigenvalue weighted by molar-refractivity contribution is -0.134. The van der Waals surface area contributed by atoms with Crippen molar-refractivity contribution in [3.05, 3.63) is 35.4 Å². The Labute approximate surface area is 135 Å². The first-order valence-electron chi connectivity index (χ1n) is 7.98. The molecule has 1 aliphatic heterocycles. The molecule has 0 bridgehead atoms. The highest BCUT2D eigenvalue weighted by Gasteiger charge is 2.33.